The molecular formula is C13H17NO5S2. The van der Waals surface area contributed by atoms with Gasteiger partial charge in [0.1, 0.15) is 4.21 Å². The van der Waals surface area contributed by atoms with E-state index < -0.39 is 28.0 Å². The summed E-state index contributed by atoms with van der Waals surface area (Å²) >= 11 is 1.12. The largest absolute Gasteiger partial charge is 0.452 e. The highest BCUT2D eigenvalue weighted by molar-refractivity contribution is 7.92. The topological polar surface area (TPSA) is 89.5 Å². The lowest BCUT2D eigenvalue weighted by Gasteiger charge is -2.15. The number of carbonyl (C=O) groups excluding carboxylic acids is 2. The van der Waals surface area contributed by atoms with Crippen molar-refractivity contribution in [3.05, 3.63) is 17.0 Å². The number of cyclic esters (lactones) is 1. The molecule has 21 heavy (non-hydrogen) atoms. The second kappa shape index (κ2) is 5.42. The number of nitrogens with one attached hydrogen (secondary N) is 1. The molecule has 2 rings (SSSR count). The molecule has 1 atom stereocenters. The number of ether oxygens (including phenoxy) is 1. The first-order valence-corrected chi connectivity index (χ1v) is 8.76. The van der Waals surface area contributed by atoms with Crippen LogP contribution in [0.4, 0.5) is 0 Å². The van der Waals surface area contributed by atoms with E-state index in [0.717, 1.165) is 16.2 Å². The highest BCUT2D eigenvalue weighted by Crippen LogP contribution is 2.31. The van der Waals surface area contributed by atoms with E-state index in [9.17, 15) is 18.0 Å². The first kappa shape index (κ1) is 16.0. The molecule has 1 aromatic heterocycles. The maximum absolute atomic E-state index is 12.2. The van der Waals surface area contributed by atoms with Crippen molar-refractivity contribution in [3.8, 4) is 0 Å². The number of hydrogen-bond donors (Lipinski definition) is 1. The van der Waals surface area contributed by atoms with Gasteiger partial charge < -0.3 is 4.74 Å². The van der Waals surface area contributed by atoms with Crippen molar-refractivity contribution in [1.82, 2.24) is 4.72 Å². The van der Waals surface area contributed by atoms with E-state index in [1.807, 2.05) is 25.5 Å². The van der Waals surface area contributed by atoms with Gasteiger partial charge in [0, 0.05) is 17.7 Å². The molecule has 0 radical (unpaired) electrons. The summed E-state index contributed by atoms with van der Waals surface area (Å²) in [6, 6.07) is 3.21. The standard InChI is InChI=1S/C13H17NO5S2/c1-13(2,3)9-5-7-11(20-9)21(17,18)14-12(16)8-4-6-10(15)19-8/h5,7-8H,4,6H2,1-3H3,(H,14,16)/t8-/m1/s1. The molecule has 1 aromatic rings. The molecule has 1 N–H and O–H groups in total. The van der Waals surface area contributed by atoms with Crippen molar-refractivity contribution in [1.29, 1.82) is 0 Å². The Hall–Kier alpha value is -1.41. The average Bonchev–Trinajstić information content (AvgIpc) is 2.95. The van der Waals surface area contributed by atoms with E-state index in [-0.39, 0.29) is 22.5 Å². The molecule has 0 saturated carbocycles. The summed E-state index contributed by atoms with van der Waals surface area (Å²) in [6.07, 6.45) is -0.683. The number of thiophene rings is 1. The summed E-state index contributed by atoms with van der Waals surface area (Å²) in [5.74, 6) is -1.29. The SMILES string of the molecule is CC(C)(C)c1ccc(S(=O)(=O)NC(=O)[C@H]2CCC(=O)O2)s1. The normalized spacial score (nSPS) is 19.4. The number of sulfonamides is 1. The van der Waals surface area contributed by atoms with Crippen LogP contribution in [0.25, 0.3) is 0 Å². The highest BCUT2D eigenvalue weighted by Gasteiger charge is 2.33. The summed E-state index contributed by atoms with van der Waals surface area (Å²) in [7, 11) is -3.93. The van der Waals surface area contributed by atoms with Gasteiger partial charge in [0.15, 0.2) is 6.10 Å². The van der Waals surface area contributed by atoms with Crippen molar-refractivity contribution in [3.63, 3.8) is 0 Å². The molecule has 0 spiro atoms. The first-order valence-electron chi connectivity index (χ1n) is 6.46. The zero-order valence-corrected chi connectivity index (χ0v) is 13.6. The lowest BCUT2D eigenvalue weighted by molar-refractivity contribution is -0.147. The Balaban J connectivity index is 2.13. The van der Waals surface area contributed by atoms with Gasteiger partial charge in [-0.05, 0) is 17.5 Å². The third-order valence-electron chi connectivity index (χ3n) is 3.00. The summed E-state index contributed by atoms with van der Waals surface area (Å²) < 4.78 is 31.1. The van der Waals surface area contributed by atoms with Gasteiger partial charge in [-0.15, -0.1) is 11.3 Å². The molecule has 8 heteroatoms. The van der Waals surface area contributed by atoms with Crippen LogP contribution in [-0.4, -0.2) is 26.4 Å². The minimum absolute atomic E-state index is 0.0742. The number of amides is 1. The molecule has 6 nitrogen and oxygen atoms in total. The fraction of sp³-hybridized carbons (Fsp3) is 0.538. The van der Waals surface area contributed by atoms with Crippen molar-refractivity contribution < 1.29 is 22.7 Å². The van der Waals surface area contributed by atoms with E-state index in [1.165, 1.54) is 6.07 Å². The number of hydrogen-bond acceptors (Lipinski definition) is 6. The minimum atomic E-state index is -3.93. The molecular weight excluding hydrogens is 314 g/mol. The first-order chi connectivity index (χ1) is 9.59. The van der Waals surface area contributed by atoms with Crippen molar-refractivity contribution in [2.75, 3.05) is 0 Å². The molecule has 0 unspecified atom stereocenters. The lowest BCUT2D eigenvalue weighted by Crippen LogP contribution is -2.38. The van der Waals surface area contributed by atoms with Crippen molar-refractivity contribution in [2.24, 2.45) is 0 Å². The van der Waals surface area contributed by atoms with Gasteiger partial charge in [-0.3, -0.25) is 9.59 Å². The van der Waals surface area contributed by atoms with Crippen LogP contribution in [0.15, 0.2) is 16.3 Å². The van der Waals surface area contributed by atoms with Gasteiger partial charge in [-0.2, -0.15) is 0 Å². The lowest BCUT2D eigenvalue weighted by atomic mass is 9.95. The predicted molar refractivity (Wildman–Crippen MR) is 77.5 cm³/mol. The molecule has 1 fully saturated rings. The molecule has 0 bridgehead atoms. The zero-order valence-electron chi connectivity index (χ0n) is 12.0. The number of carbonyl (C=O) groups is 2. The summed E-state index contributed by atoms with van der Waals surface area (Å²) in [5.41, 5.74) is -0.163. The fourth-order valence-corrected chi connectivity index (χ4v) is 4.20. The van der Waals surface area contributed by atoms with Crippen LogP contribution in [0.5, 0.6) is 0 Å². The van der Waals surface area contributed by atoms with E-state index in [1.54, 1.807) is 6.07 Å². The number of rotatable bonds is 3. The van der Waals surface area contributed by atoms with Crippen LogP contribution in [0.2, 0.25) is 0 Å². The Bertz CT molecular complexity index is 669. The predicted octanol–water partition coefficient (Wildman–Crippen LogP) is 1.56. The Kier molecular flexibility index (Phi) is 4.12. The van der Waals surface area contributed by atoms with Gasteiger partial charge in [0.05, 0.1) is 0 Å². The molecule has 2 heterocycles. The monoisotopic (exact) mass is 331 g/mol. The Morgan fingerprint density at radius 2 is 2.05 bits per heavy atom. The average molecular weight is 331 g/mol. The van der Waals surface area contributed by atoms with Crippen LogP contribution in [-0.2, 0) is 29.8 Å². The Labute approximate surface area is 127 Å². The van der Waals surface area contributed by atoms with Crippen LogP contribution < -0.4 is 4.72 Å². The van der Waals surface area contributed by atoms with Gasteiger partial charge in [-0.1, -0.05) is 20.8 Å². The van der Waals surface area contributed by atoms with Gasteiger partial charge >= 0.3 is 5.97 Å². The summed E-state index contributed by atoms with van der Waals surface area (Å²) in [6.45, 7) is 5.93. The van der Waals surface area contributed by atoms with Gasteiger partial charge in [0.25, 0.3) is 15.9 Å². The molecule has 1 aliphatic rings. The van der Waals surface area contributed by atoms with E-state index >= 15 is 0 Å². The Morgan fingerprint density at radius 1 is 1.38 bits per heavy atom. The summed E-state index contributed by atoms with van der Waals surface area (Å²) in [5, 5.41) is 0. The van der Waals surface area contributed by atoms with E-state index in [4.69, 9.17) is 4.74 Å². The highest BCUT2D eigenvalue weighted by atomic mass is 32.2. The van der Waals surface area contributed by atoms with Crippen LogP contribution >= 0.6 is 11.3 Å². The maximum Gasteiger partial charge on any atom is 0.306 e. The number of esters is 1. The molecule has 116 valence electrons. The molecule has 1 amide bonds. The second-order valence-corrected chi connectivity index (χ2v) is 8.85. The van der Waals surface area contributed by atoms with E-state index in [2.05, 4.69) is 0 Å². The quantitative estimate of drug-likeness (QED) is 0.849. The second-order valence-electron chi connectivity index (χ2n) is 5.86. The van der Waals surface area contributed by atoms with Crippen LogP contribution in [0.3, 0.4) is 0 Å². The van der Waals surface area contributed by atoms with Crippen LogP contribution in [0.1, 0.15) is 38.5 Å². The molecule has 1 saturated heterocycles. The minimum Gasteiger partial charge on any atom is -0.452 e. The van der Waals surface area contributed by atoms with Crippen molar-refractivity contribution in [2.45, 2.75) is 49.3 Å². The molecule has 0 aromatic carbocycles. The third kappa shape index (κ3) is 3.62. The third-order valence-corrected chi connectivity index (χ3v) is 6.35. The van der Waals surface area contributed by atoms with Gasteiger partial charge in [0.2, 0.25) is 0 Å². The summed E-state index contributed by atoms with van der Waals surface area (Å²) in [4.78, 5) is 23.7. The van der Waals surface area contributed by atoms with Crippen molar-refractivity contribution >= 4 is 33.2 Å². The van der Waals surface area contributed by atoms with Gasteiger partial charge in [-0.25, -0.2) is 13.1 Å². The fourth-order valence-electron chi connectivity index (χ4n) is 1.83. The van der Waals surface area contributed by atoms with E-state index in [0.29, 0.717) is 0 Å². The smallest absolute Gasteiger partial charge is 0.306 e. The van der Waals surface area contributed by atoms with Crippen LogP contribution in [0, 0.1) is 0 Å². The zero-order chi connectivity index (χ0) is 15.8. The maximum atomic E-state index is 12.2. The molecule has 1 aliphatic heterocycles. The molecule has 0 aliphatic carbocycles. The Morgan fingerprint density at radius 3 is 2.52 bits per heavy atom.